The molecule has 0 aliphatic rings. The van der Waals surface area contributed by atoms with Gasteiger partial charge in [-0.25, -0.2) is 14.6 Å². The van der Waals surface area contributed by atoms with E-state index < -0.39 is 0 Å². The number of para-hydroxylation sites is 1. The van der Waals surface area contributed by atoms with Crippen LogP contribution >= 0.6 is 0 Å². The van der Waals surface area contributed by atoms with Crippen molar-refractivity contribution in [3.8, 4) is 5.75 Å². The third-order valence-electron chi connectivity index (χ3n) is 5.49. The Bertz CT molecular complexity index is 1280. The van der Waals surface area contributed by atoms with Gasteiger partial charge in [0.1, 0.15) is 17.4 Å². The lowest BCUT2D eigenvalue weighted by Crippen LogP contribution is -2.27. The lowest BCUT2D eigenvalue weighted by Gasteiger charge is -2.16. The summed E-state index contributed by atoms with van der Waals surface area (Å²) in [4.78, 5) is 22.0. The van der Waals surface area contributed by atoms with Crippen LogP contribution in [0.1, 0.15) is 36.5 Å². The third kappa shape index (κ3) is 4.61. The van der Waals surface area contributed by atoms with Gasteiger partial charge in [0, 0.05) is 18.0 Å². The van der Waals surface area contributed by atoms with E-state index in [0.29, 0.717) is 11.2 Å². The van der Waals surface area contributed by atoms with Crippen molar-refractivity contribution in [1.29, 1.82) is 0 Å². The summed E-state index contributed by atoms with van der Waals surface area (Å²) in [6.45, 7) is 4.54. The predicted octanol–water partition coefficient (Wildman–Crippen LogP) is 4.16. The van der Waals surface area contributed by atoms with Crippen LogP contribution in [-0.2, 0) is 6.42 Å². The minimum absolute atomic E-state index is 0.127. The number of aryl methyl sites for hydroxylation is 2. The molecule has 0 saturated heterocycles. The maximum atomic E-state index is 12.9. The molecule has 164 valence electrons. The molecule has 0 aliphatic carbocycles. The molecule has 1 N–H and O–H groups in total. The standard InChI is InChI=1S/C25H27N5O2/c1-17(30-25(31)21-12-6-4-10-20(21)16-27-30)22-15-24(29-18(2)28-22)26-14-8-11-19-9-5-7-13-23(19)32-3/h4-7,9-10,12-13,15-17H,8,11,14H2,1-3H3,(H,26,28,29). The first-order valence-electron chi connectivity index (χ1n) is 10.7. The summed E-state index contributed by atoms with van der Waals surface area (Å²) < 4.78 is 6.90. The van der Waals surface area contributed by atoms with Gasteiger partial charge in [-0.05, 0) is 44.4 Å². The van der Waals surface area contributed by atoms with Crippen LogP contribution in [-0.4, -0.2) is 33.4 Å². The Morgan fingerprint density at radius 2 is 1.88 bits per heavy atom. The number of methoxy groups -OCH3 is 1. The predicted molar refractivity (Wildman–Crippen MR) is 126 cm³/mol. The lowest BCUT2D eigenvalue weighted by molar-refractivity contribution is 0.409. The van der Waals surface area contributed by atoms with E-state index >= 15 is 0 Å². The molecule has 0 amide bonds. The average Bonchev–Trinajstić information content (AvgIpc) is 2.82. The first-order valence-corrected chi connectivity index (χ1v) is 10.7. The van der Waals surface area contributed by atoms with E-state index in [4.69, 9.17) is 4.74 Å². The minimum Gasteiger partial charge on any atom is -0.496 e. The van der Waals surface area contributed by atoms with Crippen molar-refractivity contribution < 1.29 is 4.74 Å². The Balaban J connectivity index is 1.48. The number of ether oxygens (including phenoxy) is 1. The van der Waals surface area contributed by atoms with Gasteiger partial charge >= 0.3 is 0 Å². The van der Waals surface area contributed by atoms with Crippen LogP contribution in [0.4, 0.5) is 5.82 Å². The van der Waals surface area contributed by atoms with E-state index in [2.05, 4.69) is 26.4 Å². The molecule has 4 aromatic rings. The second-order valence-corrected chi connectivity index (χ2v) is 7.72. The van der Waals surface area contributed by atoms with Gasteiger partial charge in [0.05, 0.1) is 30.4 Å². The molecule has 2 aromatic heterocycles. The Labute approximate surface area is 187 Å². The van der Waals surface area contributed by atoms with Gasteiger partial charge in [0.15, 0.2) is 0 Å². The molecule has 0 fully saturated rings. The molecule has 1 unspecified atom stereocenters. The number of fused-ring (bicyclic) bond motifs is 1. The fraction of sp³-hybridized carbons (Fsp3) is 0.280. The maximum Gasteiger partial charge on any atom is 0.275 e. The van der Waals surface area contributed by atoms with Crippen molar-refractivity contribution in [3.05, 3.63) is 88.2 Å². The van der Waals surface area contributed by atoms with Crippen molar-refractivity contribution in [2.24, 2.45) is 0 Å². The van der Waals surface area contributed by atoms with Crippen molar-refractivity contribution in [1.82, 2.24) is 19.7 Å². The molecule has 7 nitrogen and oxygen atoms in total. The topological polar surface area (TPSA) is 81.9 Å². The molecular formula is C25H27N5O2. The van der Waals surface area contributed by atoms with Crippen LogP contribution in [0.2, 0.25) is 0 Å². The van der Waals surface area contributed by atoms with Gasteiger partial charge < -0.3 is 10.1 Å². The highest BCUT2D eigenvalue weighted by Gasteiger charge is 2.16. The molecule has 7 heteroatoms. The highest BCUT2D eigenvalue weighted by atomic mass is 16.5. The van der Waals surface area contributed by atoms with Gasteiger partial charge in [0.2, 0.25) is 0 Å². The zero-order valence-corrected chi connectivity index (χ0v) is 18.6. The number of nitrogens with one attached hydrogen (secondary N) is 1. The Kier molecular flexibility index (Phi) is 6.44. The summed E-state index contributed by atoms with van der Waals surface area (Å²) in [5, 5.41) is 9.24. The van der Waals surface area contributed by atoms with Gasteiger partial charge in [-0.15, -0.1) is 0 Å². The number of aromatic nitrogens is 4. The minimum atomic E-state index is -0.317. The fourth-order valence-corrected chi connectivity index (χ4v) is 3.81. The van der Waals surface area contributed by atoms with Gasteiger partial charge in [0.25, 0.3) is 5.56 Å². The maximum absolute atomic E-state index is 12.9. The van der Waals surface area contributed by atoms with E-state index in [0.717, 1.165) is 42.0 Å². The van der Waals surface area contributed by atoms with E-state index in [1.54, 1.807) is 13.3 Å². The summed E-state index contributed by atoms with van der Waals surface area (Å²) in [7, 11) is 1.69. The second kappa shape index (κ2) is 9.60. The van der Waals surface area contributed by atoms with E-state index in [9.17, 15) is 4.79 Å². The van der Waals surface area contributed by atoms with Crippen molar-refractivity contribution in [2.45, 2.75) is 32.7 Å². The Hall–Kier alpha value is -3.74. The monoisotopic (exact) mass is 429 g/mol. The number of hydrogen-bond donors (Lipinski definition) is 1. The van der Waals surface area contributed by atoms with Gasteiger partial charge in [-0.3, -0.25) is 4.79 Å². The van der Waals surface area contributed by atoms with E-state index in [1.807, 2.05) is 62.4 Å². The molecule has 32 heavy (non-hydrogen) atoms. The van der Waals surface area contributed by atoms with Crippen molar-refractivity contribution in [2.75, 3.05) is 19.0 Å². The van der Waals surface area contributed by atoms with Crippen LogP contribution in [0.5, 0.6) is 5.75 Å². The largest absolute Gasteiger partial charge is 0.496 e. The van der Waals surface area contributed by atoms with Crippen LogP contribution in [0, 0.1) is 6.92 Å². The summed E-state index contributed by atoms with van der Waals surface area (Å²) in [6.07, 6.45) is 3.55. The first kappa shape index (κ1) is 21.5. The van der Waals surface area contributed by atoms with Gasteiger partial charge in [-0.2, -0.15) is 5.10 Å². The quantitative estimate of drug-likeness (QED) is 0.424. The van der Waals surface area contributed by atoms with Crippen LogP contribution in [0.25, 0.3) is 10.8 Å². The molecule has 2 aromatic carbocycles. The number of nitrogens with zero attached hydrogens (tertiary/aromatic N) is 4. The second-order valence-electron chi connectivity index (χ2n) is 7.72. The summed E-state index contributed by atoms with van der Waals surface area (Å²) >= 11 is 0. The van der Waals surface area contributed by atoms with Crippen LogP contribution in [0.15, 0.2) is 65.6 Å². The Morgan fingerprint density at radius 3 is 2.72 bits per heavy atom. The highest BCUT2D eigenvalue weighted by molar-refractivity contribution is 5.80. The molecule has 4 rings (SSSR count). The smallest absolute Gasteiger partial charge is 0.275 e. The highest BCUT2D eigenvalue weighted by Crippen LogP contribution is 2.20. The average molecular weight is 430 g/mol. The summed E-state index contributed by atoms with van der Waals surface area (Å²) in [5.74, 6) is 2.30. The summed E-state index contributed by atoms with van der Waals surface area (Å²) in [5.41, 5.74) is 1.81. The number of benzene rings is 2. The van der Waals surface area contributed by atoms with E-state index in [-0.39, 0.29) is 11.6 Å². The summed E-state index contributed by atoms with van der Waals surface area (Å²) in [6, 6.07) is 17.1. The number of rotatable bonds is 8. The molecule has 0 aliphatic heterocycles. The van der Waals surface area contributed by atoms with Gasteiger partial charge in [-0.1, -0.05) is 36.4 Å². The van der Waals surface area contributed by atoms with Crippen LogP contribution < -0.4 is 15.6 Å². The van der Waals surface area contributed by atoms with E-state index in [1.165, 1.54) is 10.2 Å². The normalized spacial score (nSPS) is 12.0. The first-order chi connectivity index (χ1) is 15.6. The Morgan fingerprint density at radius 1 is 1.09 bits per heavy atom. The van der Waals surface area contributed by atoms with Crippen LogP contribution in [0.3, 0.4) is 0 Å². The third-order valence-corrected chi connectivity index (χ3v) is 5.49. The zero-order valence-electron chi connectivity index (χ0n) is 18.6. The molecule has 2 heterocycles. The number of hydrogen-bond acceptors (Lipinski definition) is 6. The molecule has 0 saturated carbocycles. The lowest BCUT2D eigenvalue weighted by atomic mass is 10.1. The van der Waals surface area contributed by atoms with Crippen molar-refractivity contribution in [3.63, 3.8) is 0 Å². The zero-order chi connectivity index (χ0) is 22.5. The number of anilines is 1. The van der Waals surface area contributed by atoms with Crippen molar-refractivity contribution >= 4 is 16.6 Å². The molecule has 0 bridgehead atoms. The molecule has 0 spiro atoms. The SMILES string of the molecule is COc1ccccc1CCCNc1cc(C(C)n2ncc3ccccc3c2=O)nc(C)n1. The molecule has 0 radical (unpaired) electrons. The molecule has 1 atom stereocenters. The fourth-order valence-electron chi connectivity index (χ4n) is 3.81. The molecular weight excluding hydrogens is 402 g/mol.